The molecule has 0 saturated carbocycles. The van der Waals surface area contributed by atoms with Crippen molar-refractivity contribution in [2.24, 2.45) is 0 Å². The van der Waals surface area contributed by atoms with E-state index in [0.29, 0.717) is 0 Å². The highest BCUT2D eigenvalue weighted by atomic mass is 32.1. The van der Waals surface area contributed by atoms with Crippen molar-refractivity contribution in [2.45, 2.75) is 26.9 Å². The van der Waals surface area contributed by atoms with E-state index in [0.717, 1.165) is 37.6 Å². The average molecular weight is 289 g/mol. The van der Waals surface area contributed by atoms with Gasteiger partial charge in [-0.3, -0.25) is 9.88 Å². The predicted octanol–water partition coefficient (Wildman–Crippen LogP) is 2.98. The number of rotatable bonds is 7. The first kappa shape index (κ1) is 15.2. The van der Waals surface area contributed by atoms with Gasteiger partial charge in [-0.2, -0.15) is 0 Å². The molecule has 2 heterocycles. The highest BCUT2D eigenvalue weighted by Crippen LogP contribution is 2.14. The van der Waals surface area contributed by atoms with Gasteiger partial charge in [-0.15, -0.1) is 11.3 Å². The van der Waals surface area contributed by atoms with Crippen molar-refractivity contribution < 1.29 is 0 Å². The van der Waals surface area contributed by atoms with Gasteiger partial charge in [-0.25, -0.2) is 0 Å². The molecule has 0 saturated heterocycles. The Bertz CT molecular complexity index is 536. The summed E-state index contributed by atoms with van der Waals surface area (Å²) in [7, 11) is 2.14. The number of aromatic nitrogens is 1. The van der Waals surface area contributed by atoms with E-state index < -0.39 is 0 Å². The van der Waals surface area contributed by atoms with Gasteiger partial charge in [0.1, 0.15) is 0 Å². The molecule has 0 bridgehead atoms. The summed E-state index contributed by atoms with van der Waals surface area (Å²) >= 11 is 1.83. The standard InChI is InChI=1S/C16H23N3S/c1-13-7-10-20-16(13)11-17-8-9-19(3)12-15-6-4-5-14(2)18-15/h4-7,10,17H,8-9,11-12H2,1-3H3. The maximum Gasteiger partial charge on any atom is 0.0547 e. The molecule has 4 heteroatoms. The lowest BCUT2D eigenvalue weighted by molar-refractivity contribution is 0.320. The normalized spacial score (nSPS) is 11.2. The molecular weight excluding hydrogens is 266 g/mol. The number of nitrogens with one attached hydrogen (secondary N) is 1. The van der Waals surface area contributed by atoms with Crippen LogP contribution in [0.2, 0.25) is 0 Å². The second-order valence-corrected chi connectivity index (χ2v) is 6.21. The number of pyridine rings is 1. The molecule has 0 aliphatic heterocycles. The minimum atomic E-state index is 0.904. The zero-order valence-electron chi connectivity index (χ0n) is 12.5. The minimum absolute atomic E-state index is 0.904. The van der Waals surface area contributed by atoms with Crippen molar-refractivity contribution >= 4 is 11.3 Å². The Hall–Kier alpha value is -1.23. The summed E-state index contributed by atoms with van der Waals surface area (Å²) in [4.78, 5) is 8.27. The summed E-state index contributed by atoms with van der Waals surface area (Å²) in [5.74, 6) is 0. The molecular formula is C16H23N3S. The highest BCUT2D eigenvalue weighted by molar-refractivity contribution is 7.10. The van der Waals surface area contributed by atoms with Crippen LogP contribution in [0.4, 0.5) is 0 Å². The Balaban J connectivity index is 1.68. The molecule has 0 unspecified atom stereocenters. The van der Waals surface area contributed by atoms with Crippen LogP contribution in [-0.4, -0.2) is 30.0 Å². The van der Waals surface area contributed by atoms with Gasteiger partial charge in [0.2, 0.25) is 0 Å². The molecule has 0 fully saturated rings. The van der Waals surface area contributed by atoms with Crippen LogP contribution in [0.3, 0.4) is 0 Å². The monoisotopic (exact) mass is 289 g/mol. The van der Waals surface area contributed by atoms with Crippen molar-refractivity contribution in [3.05, 3.63) is 51.5 Å². The highest BCUT2D eigenvalue weighted by Gasteiger charge is 2.02. The summed E-state index contributed by atoms with van der Waals surface area (Å²) in [6.45, 7) is 8.11. The summed E-state index contributed by atoms with van der Waals surface area (Å²) < 4.78 is 0. The van der Waals surface area contributed by atoms with Crippen LogP contribution >= 0.6 is 11.3 Å². The van der Waals surface area contributed by atoms with Crippen LogP contribution in [0.25, 0.3) is 0 Å². The van der Waals surface area contributed by atoms with Crippen LogP contribution in [-0.2, 0) is 13.1 Å². The second kappa shape index (κ2) is 7.53. The largest absolute Gasteiger partial charge is 0.311 e. The third-order valence-corrected chi connectivity index (χ3v) is 4.32. The number of hydrogen-bond donors (Lipinski definition) is 1. The fraction of sp³-hybridized carbons (Fsp3) is 0.438. The first-order valence-electron chi connectivity index (χ1n) is 7.00. The molecule has 3 nitrogen and oxygen atoms in total. The van der Waals surface area contributed by atoms with E-state index >= 15 is 0 Å². The van der Waals surface area contributed by atoms with Gasteiger partial charge in [0, 0.05) is 36.8 Å². The van der Waals surface area contributed by atoms with Gasteiger partial charge in [-0.05, 0) is 50.0 Å². The Morgan fingerprint density at radius 2 is 2.10 bits per heavy atom. The predicted molar refractivity (Wildman–Crippen MR) is 86.1 cm³/mol. The van der Waals surface area contributed by atoms with Gasteiger partial charge in [-0.1, -0.05) is 6.07 Å². The van der Waals surface area contributed by atoms with E-state index in [1.807, 2.05) is 24.3 Å². The van der Waals surface area contributed by atoms with Gasteiger partial charge < -0.3 is 5.32 Å². The molecule has 108 valence electrons. The molecule has 0 amide bonds. The minimum Gasteiger partial charge on any atom is -0.311 e. The summed E-state index contributed by atoms with van der Waals surface area (Å²) in [6.07, 6.45) is 0. The molecule has 1 N–H and O–H groups in total. The molecule has 20 heavy (non-hydrogen) atoms. The van der Waals surface area contributed by atoms with Gasteiger partial charge in [0.25, 0.3) is 0 Å². The molecule has 0 aliphatic rings. The molecule has 0 radical (unpaired) electrons. The van der Waals surface area contributed by atoms with Gasteiger partial charge in [0.15, 0.2) is 0 Å². The van der Waals surface area contributed by atoms with Crippen LogP contribution < -0.4 is 5.32 Å². The Morgan fingerprint density at radius 3 is 2.80 bits per heavy atom. The van der Waals surface area contributed by atoms with E-state index in [-0.39, 0.29) is 0 Å². The van der Waals surface area contributed by atoms with Crippen LogP contribution in [0, 0.1) is 13.8 Å². The molecule has 0 aromatic carbocycles. The van der Waals surface area contributed by atoms with E-state index in [1.54, 1.807) is 0 Å². The number of nitrogens with zero attached hydrogens (tertiary/aromatic N) is 2. The lowest BCUT2D eigenvalue weighted by Gasteiger charge is -2.16. The van der Waals surface area contributed by atoms with Crippen LogP contribution in [0.15, 0.2) is 29.6 Å². The molecule has 0 atom stereocenters. The maximum atomic E-state index is 4.53. The quantitative estimate of drug-likeness (QED) is 0.794. The Morgan fingerprint density at radius 1 is 1.25 bits per heavy atom. The number of likely N-dealkylation sites (N-methyl/N-ethyl adjacent to an activating group) is 1. The smallest absolute Gasteiger partial charge is 0.0547 e. The van der Waals surface area contributed by atoms with Crippen LogP contribution in [0.1, 0.15) is 21.8 Å². The van der Waals surface area contributed by atoms with Crippen molar-refractivity contribution in [1.29, 1.82) is 0 Å². The molecule has 2 rings (SSSR count). The zero-order chi connectivity index (χ0) is 14.4. The first-order chi connectivity index (χ1) is 9.65. The van der Waals surface area contributed by atoms with Crippen LogP contribution in [0.5, 0.6) is 0 Å². The molecule has 0 aliphatic carbocycles. The molecule has 2 aromatic heterocycles. The van der Waals surface area contributed by atoms with Gasteiger partial charge >= 0.3 is 0 Å². The second-order valence-electron chi connectivity index (χ2n) is 5.21. The SMILES string of the molecule is Cc1cccc(CN(C)CCNCc2sccc2C)n1. The van der Waals surface area contributed by atoms with E-state index in [1.165, 1.54) is 10.4 Å². The van der Waals surface area contributed by atoms with E-state index in [9.17, 15) is 0 Å². The fourth-order valence-corrected chi connectivity index (χ4v) is 2.98. The van der Waals surface area contributed by atoms with Crippen molar-refractivity contribution in [3.63, 3.8) is 0 Å². The number of aryl methyl sites for hydroxylation is 2. The average Bonchev–Trinajstić information content (AvgIpc) is 2.80. The van der Waals surface area contributed by atoms with E-state index in [4.69, 9.17) is 0 Å². The van der Waals surface area contributed by atoms with Gasteiger partial charge in [0.05, 0.1) is 5.69 Å². The third-order valence-electron chi connectivity index (χ3n) is 3.30. The van der Waals surface area contributed by atoms with Crippen molar-refractivity contribution in [2.75, 3.05) is 20.1 Å². The Kier molecular flexibility index (Phi) is 5.71. The zero-order valence-corrected chi connectivity index (χ0v) is 13.3. The van der Waals surface area contributed by atoms with Crippen molar-refractivity contribution in [1.82, 2.24) is 15.2 Å². The summed E-state index contributed by atoms with van der Waals surface area (Å²) in [5.41, 5.74) is 3.61. The van der Waals surface area contributed by atoms with Crippen molar-refractivity contribution in [3.8, 4) is 0 Å². The fourth-order valence-electron chi connectivity index (χ4n) is 2.10. The number of thiophene rings is 1. The lowest BCUT2D eigenvalue weighted by atomic mass is 10.3. The van der Waals surface area contributed by atoms with E-state index in [2.05, 4.69) is 52.8 Å². The summed E-state index contributed by atoms with van der Waals surface area (Å²) in [5, 5.41) is 5.66. The third kappa shape index (κ3) is 4.71. The molecule has 0 spiro atoms. The first-order valence-corrected chi connectivity index (χ1v) is 7.88. The Labute approximate surface area is 125 Å². The lowest BCUT2D eigenvalue weighted by Crippen LogP contribution is -2.29. The maximum absolute atomic E-state index is 4.53. The summed E-state index contributed by atoms with van der Waals surface area (Å²) in [6, 6.07) is 8.38. The number of hydrogen-bond acceptors (Lipinski definition) is 4. The topological polar surface area (TPSA) is 28.2 Å². The molecule has 2 aromatic rings.